The average Bonchev–Trinajstić information content (AvgIpc) is 2.50. The molecule has 0 amide bonds. The molecular formula is C9H10O4. The Bertz CT molecular complexity index is 281. The normalized spacial score (nSPS) is 36.4. The number of carbonyl (C=O) groups is 2. The highest BCUT2D eigenvalue weighted by Gasteiger charge is 2.43. The summed E-state index contributed by atoms with van der Waals surface area (Å²) in [6.07, 6.45) is 2.87. The molecule has 0 spiro atoms. The van der Waals surface area contributed by atoms with Gasteiger partial charge in [0.25, 0.3) is 0 Å². The van der Waals surface area contributed by atoms with Crippen molar-refractivity contribution in [2.45, 2.75) is 18.6 Å². The SMILES string of the molecule is COC(=O)C1CC2OC1C=CC2=O. The fraction of sp³-hybridized carbons (Fsp3) is 0.556. The van der Waals surface area contributed by atoms with Gasteiger partial charge in [0.15, 0.2) is 5.78 Å². The van der Waals surface area contributed by atoms with Crippen molar-refractivity contribution in [2.24, 2.45) is 5.92 Å². The van der Waals surface area contributed by atoms with E-state index in [1.165, 1.54) is 13.2 Å². The molecule has 2 aliphatic heterocycles. The summed E-state index contributed by atoms with van der Waals surface area (Å²) in [6.45, 7) is 0. The Morgan fingerprint density at radius 1 is 1.69 bits per heavy atom. The minimum absolute atomic E-state index is 0.0531. The van der Waals surface area contributed by atoms with Crippen molar-refractivity contribution in [3.63, 3.8) is 0 Å². The lowest BCUT2D eigenvalue weighted by molar-refractivity contribution is -0.146. The number of carbonyl (C=O) groups excluding carboxylic acids is 2. The third-order valence-corrected chi connectivity index (χ3v) is 2.46. The van der Waals surface area contributed by atoms with Gasteiger partial charge >= 0.3 is 5.97 Å². The van der Waals surface area contributed by atoms with Crippen molar-refractivity contribution < 1.29 is 19.1 Å². The van der Waals surface area contributed by atoms with Crippen LogP contribution in [0.3, 0.4) is 0 Å². The van der Waals surface area contributed by atoms with Gasteiger partial charge < -0.3 is 9.47 Å². The van der Waals surface area contributed by atoms with Crippen LogP contribution in [0.25, 0.3) is 0 Å². The summed E-state index contributed by atoms with van der Waals surface area (Å²) < 4.78 is 9.92. The van der Waals surface area contributed by atoms with E-state index >= 15 is 0 Å². The highest BCUT2D eigenvalue weighted by molar-refractivity contribution is 5.95. The first-order valence-electron chi connectivity index (χ1n) is 4.17. The summed E-state index contributed by atoms with van der Waals surface area (Å²) >= 11 is 0. The molecule has 70 valence electrons. The van der Waals surface area contributed by atoms with Crippen LogP contribution in [0.1, 0.15) is 6.42 Å². The maximum absolute atomic E-state index is 11.2. The van der Waals surface area contributed by atoms with Crippen molar-refractivity contribution in [1.29, 1.82) is 0 Å². The summed E-state index contributed by atoms with van der Waals surface area (Å²) in [7, 11) is 1.34. The minimum atomic E-state index is -0.431. The molecule has 4 nitrogen and oxygen atoms in total. The lowest BCUT2D eigenvalue weighted by Crippen LogP contribution is -2.25. The van der Waals surface area contributed by atoms with Crippen molar-refractivity contribution >= 4 is 11.8 Å². The smallest absolute Gasteiger partial charge is 0.311 e. The standard InChI is InChI=1S/C9H10O4/c1-12-9(11)5-4-8-6(10)2-3-7(5)13-8/h2-3,5,7-8H,4H2,1H3. The van der Waals surface area contributed by atoms with E-state index in [0.29, 0.717) is 6.42 Å². The van der Waals surface area contributed by atoms with Gasteiger partial charge in [-0.3, -0.25) is 9.59 Å². The van der Waals surface area contributed by atoms with Gasteiger partial charge in [0.2, 0.25) is 0 Å². The molecule has 3 atom stereocenters. The van der Waals surface area contributed by atoms with Gasteiger partial charge in [-0.25, -0.2) is 0 Å². The lowest BCUT2D eigenvalue weighted by atomic mass is 10.0. The molecule has 13 heavy (non-hydrogen) atoms. The topological polar surface area (TPSA) is 52.6 Å². The zero-order chi connectivity index (χ0) is 9.42. The summed E-state index contributed by atoms with van der Waals surface area (Å²) in [5.74, 6) is -0.660. The molecule has 2 heterocycles. The molecule has 1 saturated heterocycles. The molecule has 3 unspecified atom stereocenters. The van der Waals surface area contributed by atoms with Gasteiger partial charge in [0.1, 0.15) is 6.10 Å². The van der Waals surface area contributed by atoms with Crippen molar-refractivity contribution in [3.8, 4) is 0 Å². The molecule has 0 aromatic heterocycles. The highest BCUT2D eigenvalue weighted by Crippen LogP contribution is 2.32. The number of hydrogen-bond acceptors (Lipinski definition) is 4. The quantitative estimate of drug-likeness (QED) is 0.538. The minimum Gasteiger partial charge on any atom is -0.469 e. The van der Waals surface area contributed by atoms with Crippen molar-refractivity contribution in [1.82, 2.24) is 0 Å². The first kappa shape index (κ1) is 8.44. The van der Waals surface area contributed by atoms with Crippen LogP contribution in [0.15, 0.2) is 12.2 Å². The first-order valence-corrected chi connectivity index (χ1v) is 4.17. The Labute approximate surface area is 75.5 Å². The van der Waals surface area contributed by atoms with Gasteiger partial charge in [0, 0.05) is 0 Å². The van der Waals surface area contributed by atoms with Crippen LogP contribution < -0.4 is 0 Å². The molecule has 0 saturated carbocycles. The van der Waals surface area contributed by atoms with E-state index < -0.39 is 6.10 Å². The predicted molar refractivity (Wildman–Crippen MR) is 42.9 cm³/mol. The van der Waals surface area contributed by atoms with Crippen molar-refractivity contribution in [2.75, 3.05) is 7.11 Å². The summed E-state index contributed by atoms with van der Waals surface area (Å²) in [6, 6.07) is 0. The number of rotatable bonds is 1. The summed E-state index contributed by atoms with van der Waals surface area (Å²) in [5.41, 5.74) is 0. The van der Waals surface area contributed by atoms with E-state index in [1.54, 1.807) is 6.08 Å². The number of fused-ring (bicyclic) bond motifs is 2. The molecule has 0 aromatic rings. The Morgan fingerprint density at radius 2 is 2.46 bits per heavy atom. The summed E-state index contributed by atoms with van der Waals surface area (Å²) in [5, 5.41) is 0. The fourth-order valence-electron chi connectivity index (χ4n) is 1.75. The van der Waals surface area contributed by atoms with E-state index in [1.807, 2.05) is 0 Å². The van der Waals surface area contributed by atoms with Crippen LogP contribution in [-0.2, 0) is 19.1 Å². The molecule has 2 rings (SSSR count). The van der Waals surface area contributed by atoms with E-state index in [4.69, 9.17) is 4.74 Å². The molecule has 0 radical (unpaired) electrons. The van der Waals surface area contributed by atoms with Crippen LogP contribution in [0.5, 0.6) is 0 Å². The van der Waals surface area contributed by atoms with Gasteiger partial charge in [-0.2, -0.15) is 0 Å². The first-order chi connectivity index (χ1) is 6.22. The second kappa shape index (κ2) is 2.96. The van der Waals surface area contributed by atoms with E-state index in [9.17, 15) is 9.59 Å². The Hall–Kier alpha value is -1.16. The second-order valence-corrected chi connectivity index (χ2v) is 3.22. The summed E-state index contributed by atoms with van der Waals surface area (Å²) in [4.78, 5) is 22.4. The van der Waals surface area contributed by atoms with Gasteiger partial charge in [-0.05, 0) is 12.5 Å². The van der Waals surface area contributed by atoms with Gasteiger partial charge in [0.05, 0.1) is 19.1 Å². The number of ketones is 1. The number of methoxy groups -OCH3 is 1. The third-order valence-electron chi connectivity index (χ3n) is 2.46. The maximum atomic E-state index is 11.2. The highest BCUT2D eigenvalue weighted by atomic mass is 16.5. The zero-order valence-electron chi connectivity index (χ0n) is 7.23. The Balaban J connectivity index is 2.17. The van der Waals surface area contributed by atoms with Crippen molar-refractivity contribution in [3.05, 3.63) is 12.2 Å². The average molecular weight is 182 g/mol. The number of hydrogen-bond donors (Lipinski definition) is 0. The van der Waals surface area contributed by atoms with Crippen LogP contribution in [0, 0.1) is 5.92 Å². The number of esters is 1. The van der Waals surface area contributed by atoms with E-state index in [-0.39, 0.29) is 23.8 Å². The molecule has 0 aliphatic carbocycles. The number of ether oxygens (including phenoxy) is 2. The molecule has 1 fully saturated rings. The van der Waals surface area contributed by atoms with Crippen LogP contribution in [-0.4, -0.2) is 31.1 Å². The predicted octanol–water partition coefficient (Wildman–Crippen LogP) is 0.0720. The molecule has 0 aromatic carbocycles. The van der Waals surface area contributed by atoms with E-state index in [0.717, 1.165) is 0 Å². The largest absolute Gasteiger partial charge is 0.469 e. The van der Waals surface area contributed by atoms with Gasteiger partial charge in [-0.15, -0.1) is 0 Å². The molecule has 2 aliphatic rings. The van der Waals surface area contributed by atoms with Gasteiger partial charge in [-0.1, -0.05) is 6.08 Å². The van der Waals surface area contributed by atoms with E-state index in [2.05, 4.69) is 4.74 Å². The maximum Gasteiger partial charge on any atom is 0.311 e. The molecule has 2 bridgehead atoms. The van der Waals surface area contributed by atoms with Crippen LogP contribution >= 0.6 is 0 Å². The fourth-order valence-corrected chi connectivity index (χ4v) is 1.75. The van der Waals surface area contributed by atoms with Crippen LogP contribution in [0.4, 0.5) is 0 Å². The third kappa shape index (κ3) is 1.27. The zero-order valence-corrected chi connectivity index (χ0v) is 7.23. The molecule has 0 N–H and O–H groups in total. The lowest BCUT2D eigenvalue weighted by Gasteiger charge is -2.14. The molecular weight excluding hydrogens is 172 g/mol. The second-order valence-electron chi connectivity index (χ2n) is 3.22. The molecule has 4 heteroatoms. The van der Waals surface area contributed by atoms with Crippen LogP contribution in [0.2, 0.25) is 0 Å². The Morgan fingerprint density at radius 3 is 3.08 bits per heavy atom. The monoisotopic (exact) mass is 182 g/mol. The Kier molecular flexibility index (Phi) is 1.92.